The van der Waals surface area contributed by atoms with Gasteiger partial charge in [0.25, 0.3) is 11.8 Å². The number of β-lactam (4-membered cyclic amide) rings is 1. The number of nitrogens with zero attached hydrogens (tertiary/aromatic N) is 1. The lowest BCUT2D eigenvalue weighted by molar-refractivity contribution is -0.150. The highest BCUT2D eigenvalue weighted by Gasteiger charge is 2.54. The van der Waals surface area contributed by atoms with Gasteiger partial charge in [-0.25, -0.2) is 4.79 Å². The second-order valence-electron chi connectivity index (χ2n) is 6.40. The highest BCUT2D eigenvalue weighted by Crippen LogP contribution is 2.40. The molecule has 0 aromatic heterocycles. The summed E-state index contributed by atoms with van der Waals surface area (Å²) in [6.07, 6.45) is 0. The first-order valence-electron chi connectivity index (χ1n) is 8.67. The number of thioether (sulfide) groups is 1. The van der Waals surface area contributed by atoms with Gasteiger partial charge in [0.05, 0.1) is 5.57 Å². The third kappa shape index (κ3) is 4.33. The first-order valence-corrected chi connectivity index (χ1v) is 10.5. The molecule has 11 heteroatoms. The van der Waals surface area contributed by atoms with Gasteiger partial charge in [-0.15, -0.1) is 11.8 Å². The second kappa shape index (κ2) is 9.11. The molecule has 2 N–H and O–H groups in total. The van der Waals surface area contributed by atoms with E-state index in [0.29, 0.717) is 11.1 Å². The Morgan fingerprint density at radius 2 is 1.93 bits per heavy atom. The van der Waals surface area contributed by atoms with E-state index in [-0.39, 0.29) is 28.1 Å². The molecule has 1 aromatic rings. The minimum atomic E-state index is -1.31. The Bertz CT molecular complexity index is 974. The molecule has 2 atom stereocenters. The van der Waals surface area contributed by atoms with Crippen LogP contribution in [0.4, 0.5) is 0 Å². The minimum Gasteiger partial charge on any atom is -0.477 e. The molecule has 3 rings (SSSR count). The maximum Gasteiger partial charge on any atom is 0.352 e. The standard InChI is InChI=1S/C19H16Cl2N2O6S/c1-9(24)29-7-11-8-30-18-13(17(26)23(18)14(11)19(27)28)22-16(25)12(15(20)21)10-5-3-2-4-6-10/h2-6,13,18H,7-8H2,1H3,(H,22,25)(H,27,28)/t13?,18-/m1/s1. The van der Waals surface area contributed by atoms with Crippen molar-refractivity contribution < 1.29 is 29.0 Å². The number of halogens is 2. The second-order valence-corrected chi connectivity index (χ2v) is 8.45. The number of fused-ring (bicyclic) bond motifs is 1. The molecular formula is C19H16Cl2N2O6S. The average molecular weight is 471 g/mol. The molecule has 1 saturated heterocycles. The lowest BCUT2D eigenvalue weighted by Crippen LogP contribution is -2.70. The molecule has 1 unspecified atom stereocenters. The lowest BCUT2D eigenvalue weighted by Gasteiger charge is -2.49. The van der Waals surface area contributed by atoms with E-state index in [2.05, 4.69) is 5.32 Å². The van der Waals surface area contributed by atoms with Gasteiger partial charge in [0, 0.05) is 18.2 Å². The van der Waals surface area contributed by atoms with Crippen molar-refractivity contribution in [3.63, 3.8) is 0 Å². The van der Waals surface area contributed by atoms with Crippen LogP contribution in [-0.4, -0.2) is 57.5 Å². The fraction of sp³-hybridized carbons (Fsp3) is 0.263. The molecular weight excluding hydrogens is 455 g/mol. The van der Waals surface area contributed by atoms with Crippen molar-refractivity contribution in [3.8, 4) is 0 Å². The van der Waals surface area contributed by atoms with Crippen molar-refractivity contribution in [1.82, 2.24) is 10.2 Å². The first kappa shape index (κ1) is 22.2. The number of amides is 2. The van der Waals surface area contributed by atoms with Crippen LogP contribution in [0.1, 0.15) is 12.5 Å². The van der Waals surface area contributed by atoms with Gasteiger partial charge in [-0.1, -0.05) is 53.5 Å². The summed E-state index contributed by atoms with van der Waals surface area (Å²) in [7, 11) is 0. The van der Waals surface area contributed by atoms with Gasteiger partial charge in [-0.3, -0.25) is 19.3 Å². The maximum absolute atomic E-state index is 12.8. The van der Waals surface area contributed by atoms with Gasteiger partial charge in [-0.05, 0) is 5.56 Å². The van der Waals surface area contributed by atoms with Gasteiger partial charge < -0.3 is 15.2 Å². The summed E-state index contributed by atoms with van der Waals surface area (Å²) in [5.74, 6) is -2.87. The van der Waals surface area contributed by atoms with Crippen LogP contribution in [0, 0.1) is 0 Å². The molecule has 1 fully saturated rings. The molecule has 8 nitrogen and oxygen atoms in total. The van der Waals surface area contributed by atoms with Crippen LogP contribution in [0.25, 0.3) is 5.57 Å². The predicted molar refractivity (Wildman–Crippen MR) is 111 cm³/mol. The van der Waals surface area contributed by atoms with E-state index in [9.17, 15) is 24.3 Å². The zero-order valence-corrected chi connectivity index (χ0v) is 17.9. The largest absolute Gasteiger partial charge is 0.477 e. The lowest BCUT2D eigenvalue weighted by atomic mass is 10.0. The molecule has 0 aliphatic carbocycles. The Kier molecular flexibility index (Phi) is 6.74. The summed E-state index contributed by atoms with van der Waals surface area (Å²) in [6, 6.07) is 7.54. The predicted octanol–water partition coefficient (Wildman–Crippen LogP) is 2.13. The van der Waals surface area contributed by atoms with Crippen molar-refractivity contribution in [2.75, 3.05) is 12.4 Å². The number of carbonyl (C=O) groups excluding carboxylic acids is 3. The molecule has 30 heavy (non-hydrogen) atoms. The van der Waals surface area contributed by atoms with Crippen LogP contribution < -0.4 is 5.32 Å². The molecule has 0 spiro atoms. The van der Waals surface area contributed by atoms with Gasteiger partial charge in [-0.2, -0.15) is 0 Å². The molecule has 2 aliphatic rings. The summed E-state index contributed by atoms with van der Waals surface area (Å²) >= 11 is 13.0. The number of hydrogen-bond donors (Lipinski definition) is 2. The number of carbonyl (C=O) groups is 4. The van der Waals surface area contributed by atoms with Crippen LogP contribution in [0.3, 0.4) is 0 Å². The quantitative estimate of drug-likeness (QED) is 0.371. The number of aliphatic carboxylic acids is 1. The number of nitrogens with one attached hydrogen (secondary N) is 1. The van der Waals surface area contributed by atoms with Crippen molar-refractivity contribution in [2.24, 2.45) is 0 Å². The molecule has 2 amide bonds. The zero-order valence-electron chi connectivity index (χ0n) is 15.6. The van der Waals surface area contributed by atoms with Crippen LogP contribution in [0.15, 0.2) is 46.1 Å². The van der Waals surface area contributed by atoms with Gasteiger partial charge in [0.15, 0.2) is 0 Å². The number of carboxylic acid groups (broad SMARTS) is 1. The third-order valence-electron chi connectivity index (χ3n) is 4.46. The smallest absolute Gasteiger partial charge is 0.352 e. The highest BCUT2D eigenvalue weighted by molar-refractivity contribution is 8.00. The van der Waals surface area contributed by atoms with E-state index in [1.54, 1.807) is 30.3 Å². The van der Waals surface area contributed by atoms with Crippen molar-refractivity contribution >= 4 is 64.3 Å². The van der Waals surface area contributed by atoms with E-state index in [1.807, 2.05) is 0 Å². The summed E-state index contributed by atoms with van der Waals surface area (Å²) in [5.41, 5.74) is 0.565. The highest BCUT2D eigenvalue weighted by atomic mass is 35.5. The van der Waals surface area contributed by atoms with E-state index >= 15 is 0 Å². The SMILES string of the molecule is CC(=O)OCC1=C(C(=O)O)N2C(=O)C(NC(=O)C(=C(Cl)Cl)c3ccccc3)[C@H]2SC1. The average Bonchev–Trinajstić information content (AvgIpc) is 2.70. The molecule has 0 bridgehead atoms. The number of hydrogen-bond acceptors (Lipinski definition) is 6. The van der Waals surface area contributed by atoms with Crippen LogP contribution >= 0.6 is 35.0 Å². The van der Waals surface area contributed by atoms with Crippen molar-refractivity contribution in [1.29, 1.82) is 0 Å². The molecule has 2 heterocycles. The third-order valence-corrected chi connectivity index (χ3v) is 6.18. The topological polar surface area (TPSA) is 113 Å². The minimum absolute atomic E-state index is 0.00976. The van der Waals surface area contributed by atoms with E-state index in [0.717, 1.165) is 4.90 Å². The van der Waals surface area contributed by atoms with Gasteiger partial charge >= 0.3 is 11.9 Å². The monoisotopic (exact) mass is 470 g/mol. The molecule has 0 radical (unpaired) electrons. The fourth-order valence-corrected chi connectivity index (χ4v) is 4.84. The Hall–Kier alpha value is -2.49. The van der Waals surface area contributed by atoms with Gasteiger partial charge in [0.1, 0.15) is 28.2 Å². The number of carboxylic acids is 1. The number of benzene rings is 1. The van der Waals surface area contributed by atoms with Crippen LogP contribution in [-0.2, 0) is 23.9 Å². The summed E-state index contributed by atoms with van der Waals surface area (Å²) in [4.78, 5) is 49.3. The zero-order chi connectivity index (χ0) is 22.0. The summed E-state index contributed by atoms with van der Waals surface area (Å²) < 4.78 is 4.63. The Morgan fingerprint density at radius 3 is 2.50 bits per heavy atom. The summed E-state index contributed by atoms with van der Waals surface area (Å²) in [6.45, 7) is 0.986. The van der Waals surface area contributed by atoms with Crippen LogP contribution in [0.2, 0.25) is 0 Å². The normalized spacial score (nSPS) is 20.1. The summed E-state index contributed by atoms with van der Waals surface area (Å²) in [5, 5.41) is 11.5. The molecule has 1 aromatic carbocycles. The Labute approximate surface area is 185 Å². The molecule has 2 aliphatic heterocycles. The van der Waals surface area contributed by atoms with Gasteiger partial charge in [0.2, 0.25) is 0 Å². The van der Waals surface area contributed by atoms with Crippen LogP contribution in [0.5, 0.6) is 0 Å². The first-order chi connectivity index (χ1) is 14.2. The van der Waals surface area contributed by atoms with E-state index in [1.165, 1.54) is 18.7 Å². The maximum atomic E-state index is 12.8. The number of ether oxygens (including phenoxy) is 1. The molecule has 0 saturated carbocycles. The Balaban J connectivity index is 1.79. The van der Waals surface area contributed by atoms with Crippen molar-refractivity contribution in [2.45, 2.75) is 18.3 Å². The fourth-order valence-electron chi connectivity index (χ4n) is 3.13. The van der Waals surface area contributed by atoms with E-state index in [4.69, 9.17) is 27.9 Å². The molecule has 158 valence electrons. The van der Waals surface area contributed by atoms with Crippen molar-refractivity contribution in [3.05, 3.63) is 51.7 Å². The number of rotatable bonds is 6. The number of esters is 1. The van der Waals surface area contributed by atoms with E-state index < -0.39 is 35.2 Å². The Morgan fingerprint density at radius 1 is 1.27 bits per heavy atom.